The Hall–Kier alpha value is -2.09. The van der Waals surface area contributed by atoms with Crippen LogP contribution in [0.2, 0.25) is 0 Å². The first kappa shape index (κ1) is 17.3. The summed E-state index contributed by atoms with van der Waals surface area (Å²) in [6, 6.07) is 8.61. The predicted molar refractivity (Wildman–Crippen MR) is 82.0 cm³/mol. The van der Waals surface area contributed by atoms with E-state index in [0.29, 0.717) is 17.0 Å². The smallest absolute Gasteiger partial charge is 0.435 e. The highest BCUT2D eigenvalue weighted by Crippen LogP contribution is 2.37. The van der Waals surface area contributed by atoms with Crippen molar-refractivity contribution in [1.82, 2.24) is 4.98 Å². The van der Waals surface area contributed by atoms with Crippen molar-refractivity contribution < 1.29 is 22.7 Å². The van der Waals surface area contributed by atoms with Crippen molar-refractivity contribution in [2.24, 2.45) is 0 Å². The summed E-state index contributed by atoms with van der Waals surface area (Å²) in [5.74, 6) is -1.04. The molecule has 1 N–H and O–H groups in total. The number of ether oxygens (including phenoxy) is 1. The van der Waals surface area contributed by atoms with E-state index < -0.39 is 28.3 Å². The standard InChI is InChI=1S/C15H15F3N2O2S/c1-14(2,3)22-12(21)10-11(15(16,17)18)20-13(23-10)19-9-7-5-4-6-8-9/h4-8H,1-3H3,(H,19,20). The number of aromatic nitrogens is 1. The van der Waals surface area contributed by atoms with E-state index in [2.05, 4.69) is 10.3 Å². The average Bonchev–Trinajstić information content (AvgIpc) is 2.82. The quantitative estimate of drug-likeness (QED) is 0.808. The van der Waals surface area contributed by atoms with E-state index in [0.717, 1.165) is 0 Å². The van der Waals surface area contributed by atoms with Gasteiger partial charge in [-0.15, -0.1) is 0 Å². The summed E-state index contributed by atoms with van der Waals surface area (Å²) in [5, 5.41) is 2.73. The molecule has 1 heterocycles. The predicted octanol–water partition coefficient (Wildman–Crippen LogP) is 4.86. The van der Waals surface area contributed by atoms with E-state index in [9.17, 15) is 18.0 Å². The van der Waals surface area contributed by atoms with E-state index in [-0.39, 0.29) is 5.13 Å². The minimum atomic E-state index is -4.74. The molecule has 0 atom stereocenters. The Morgan fingerprint density at radius 1 is 1.17 bits per heavy atom. The van der Waals surface area contributed by atoms with Gasteiger partial charge in [-0.1, -0.05) is 29.5 Å². The van der Waals surface area contributed by atoms with Crippen LogP contribution >= 0.6 is 11.3 Å². The van der Waals surface area contributed by atoms with Gasteiger partial charge in [0.05, 0.1) is 0 Å². The molecule has 23 heavy (non-hydrogen) atoms. The van der Waals surface area contributed by atoms with Gasteiger partial charge in [-0.05, 0) is 32.9 Å². The molecule has 0 bridgehead atoms. The Morgan fingerprint density at radius 3 is 2.30 bits per heavy atom. The minimum Gasteiger partial charge on any atom is -0.456 e. The molecule has 0 amide bonds. The van der Waals surface area contributed by atoms with E-state index in [1.54, 1.807) is 51.1 Å². The largest absolute Gasteiger partial charge is 0.456 e. The van der Waals surface area contributed by atoms with Gasteiger partial charge in [-0.3, -0.25) is 0 Å². The fourth-order valence-corrected chi connectivity index (χ4v) is 2.56. The van der Waals surface area contributed by atoms with Gasteiger partial charge in [-0.2, -0.15) is 13.2 Å². The number of halogens is 3. The third-order valence-corrected chi connectivity index (χ3v) is 3.46. The van der Waals surface area contributed by atoms with E-state index >= 15 is 0 Å². The molecule has 0 spiro atoms. The van der Waals surface area contributed by atoms with Gasteiger partial charge in [0.25, 0.3) is 0 Å². The second-order valence-corrected chi connectivity index (χ2v) is 6.69. The molecule has 0 aliphatic rings. The van der Waals surface area contributed by atoms with Crippen LogP contribution < -0.4 is 5.32 Å². The first-order valence-electron chi connectivity index (χ1n) is 6.70. The van der Waals surface area contributed by atoms with Crippen molar-refractivity contribution >= 4 is 28.1 Å². The highest BCUT2D eigenvalue weighted by atomic mass is 32.1. The van der Waals surface area contributed by atoms with Crippen molar-refractivity contribution in [3.8, 4) is 0 Å². The molecule has 1 aromatic heterocycles. The van der Waals surface area contributed by atoms with Crippen LogP contribution in [-0.4, -0.2) is 16.6 Å². The number of nitrogens with one attached hydrogen (secondary N) is 1. The lowest BCUT2D eigenvalue weighted by molar-refractivity contribution is -0.141. The maximum atomic E-state index is 13.1. The summed E-state index contributed by atoms with van der Waals surface area (Å²) in [5.41, 5.74) is -1.56. The molecule has 0 saturated heterocycles. The molecule has 0 aliphatic heterocycles. The number of hydrogen-bond donors (Lipinski definition) is 1. The number of nitrogens with zero attached hydrogens (tertiary/aromatic N) is 1. The fourth-order valence-electron chi connectivity index (χ4n) is 1.67. The van der Waals surface area contributed by atoms with Gasteiger partial charge < -0.3 is 10.1 Å². The average molecular weight is 344 g/mol. The number of rotatable bonds is 3. The summed E-state index contributed by atoms with van der Waals surface area (Å²) < 4.78 is 44.3. The highest BCUT2D eigenvalue weighted by molar-refractivity contribution is 7.17. The number of benzene rings is 1. The number of esters is 1. The maximum absolute atomic E-state index is 13.1. The zero-order valence-electron chi connectivity index (χ0n) is 12.7. The van der Waals surface area contributed by atoms with Crippen LogP contribution in [0.3, 0.4) is 0 Å². The Kier molecular flexibility index (Phi) is 4.65. The first-order chi connectivity index (χ1) is 10.6. The molecule has 124 valence electrons. The molecular weight excluding hydrogens is 329 g/mol. The number of thiazole rings is 1. The lowest BCUT2D eigenvalue weighted by atomic mass is 10.2. The summed E-state index contributed by atoms with van der Waals surface area (Å²) in [7, 11) is 0. The Morgan fingerprint density at radius 2 is 1.78 bits per heavy atom. The van der Waals surface area contributed by atoms with Crippen molar-refractivity contribution in [3.63, 3.8) is 0 Å². The molecule has 0 aliphatic carbocycles. The normalized spacial score (nSPS) is 12.1. The number of para-hydroxylation sites is 1. The monoisotopic (exact) mass is 344 g/mol. The van der Waals surface area contributed by atoms with E-state index in [4.69, 9.17) is 4.74 Å². The number of alkyl halides is 3. The maximum Gasteiger partial charge on any atom is 0.435 e. The zero-order chi connectivity index (χ0) is 17.3. The van der Waals surface area contributed by atoms with Crippen molar-refractivity contribution in [2.75, 3.05) is 5.32 Å². The third kappa shape index (κ3) is 4.69. The Bertz CT molecular complexity index is 691. The zero-order valence-corrected chi connectivity index (χ0v) is 13.5. The lowest BCUT2D eigenvalue weighted by Gasteiger charge is -2.19. The summed E-state index contributed by atoms with van der Waals surface area (Å²) in [6.45, 7) is 4.76. The Labute approximate surface area is 135 Å². The molecule has 0 unspecified atom stereocenters. The summed E-state index contributed by atoms with van der Waals surface area (Å²) >= 11 is 0.613. The lowest BCUT2D eigenvalue weighted by Crippen LogP contribution is -2.25. The molecule has 0 radical (unpaired) electrons. The number of carbonyl (C=O) groups excluding carboxylic acids is 1. The van der Waals surface area contributed by atoms with E-state index in [1.807, 2.05) is 0 Å². The van der Waals surface area contributed by atoms with Crippen LogP contribution in [0.15, 0.2) is 30.3 Å². The SMILES string of the molecule is CC(C)(C)OC(=O)c1sc(Nc2ccccc2)nc1C(F)(F)F. The van der Waals surface area contributed by atoms with Crippen LogP contribution in [0.5, 0.6) is 0 Å². The Balaban J connectivity index is 2.35. The third-order valence-electron chi connectivity index (χ3n) is 2.51. The molecule has 0 fully saturated rings. The number of hydrogen-bond acceptors (Lipinski definition) is 5. The van der Waals surface area contributed by atoms with Gasteiger partial charge in [0, 0.05) is 5.69 Å². The molecule has 4 nitrogen and oxygen atoms in total. The topological polar surface area (TPSA) is 51.2 Å². The number of anilines is 2. The molecule has 1 aromatic carbocycles. The second-order valence-electron chi connectivity index (χ2n) is 5.69. The van der Waals surface area contributed by atoms with Crippen LogP contribution in [0.4, 0.5) is 24.0 Å². The summed E-state index contributed by atoms with van der Waals surface area (Å²) in [4.78, 5) is 15.0. The van der Waals surface area contributed by atoms with Crippen LogP contribution in [-0.2, 0) is 10.9 Å². The van der Waals surface area contributed by atoms with Gasteiger partial charge in [0.1, 0.15) is 10.5 Å². The van der Waals surface area contributed by atoms with Crippen molar-refractivity contribution in [1.29, 1.82) is 0 Å². The van der Waals surface area contributed by atoms with Gasteiger partial charge in [-0.25, -0.2) is 9.78 Å². The molecular formula is C15H15F3N2O2S. The van der Waals surface area contributed by atoms with Crippen molar-refractivity contribution in [2.45, 2.75) is 32.5 Å². The first-order valence-corrected chi connectivity index (χ1v) is 7.51. The van der Waals surface area contributed by atoms with Crippen molar-refractivity contribution in [3.05, 3.63) is 40.9 Å². The molecule has 8 heteroatoms. The summed E-state index contributed by atoms with van der Waals surface area (Å²) in [6.07, 6.45) is -4.74. The highest BCUT2D eigenvalue weighted by Gasteiger charge is 2.41. The fraction of sp³-hybridized carbons (Fsp3) is 0.333. The van der Waals surface area contributed by atoms with E-state index in [1.165, 1.54) is 0 Å². The minimum absolute atomic E-state index is 0.0237. The van der Waals surface area contributed by atoms with Crippen LogP contribution in [0.1, 0.15) is 36.1 Å². The number of carbonyl (C=O) groups is 1. The van der Waals surface area contributed by atoms with Gasteiger partial charge in [0.15, 0.2) is 10.8 Å². The molecule has 2 rings (SSSR count). The molecule has 2 aromatic rings. The van der Waals surface area contributed by atoms with Gasteiger partial charge in [0.2, 0.25) is 0 Å². The van der Waals surface area contributed by atoms with Crippen LogP contribution in [0.25, 0.3) is 0 Å². The van der Waals surface area contributed by atoms with Crippen LogP contribution in [0, 0.1) is 0 Å². The second kappa shape index (κ2) is 6.19. The van der Waals surface area contributed by atoms with Gasteiger partial charge >= 0.3 is 12.1 Å². The molecule has 0 saturated carbocycles.